The van der Waals surface area contributed by atoms with Crippen LogP contribution >= 0.6 is 11.6 Å². The Morgan fingerprint density at radius 2 is 2.10 bits per heavy atom. The third-order valence-corrected chi connectivity index (χ3v) is 3.13. The summed E-state index contributed by atoms with van der Waals surface area (Å²) in [7, 11) is 0. The zero-order chi connectivity index (χ0) is 14.1. The number of amides is 1. The fourth-order valence-corrected chi connectivity index (χ4v) is 1.95. The van der Waals surface area contributed by atoms with Gasteiger partial charge in [0.1, 0.15) is 11.6 Å². The topological polar surface area (TPSA) is 57.8 Å². The third-order valence-electron chi connectivity index (χ3n) is 2.83. The number of hydrogen-bond acceptors (Lipinski definition) is 2. The zero-order valence-corrected chi connectivity index (χ0v) is 10.9. The summed E-state index contributed by atoms with van der Waals surface area (Å²) >= 11 is 5.58. The highest BCUT2D eigenvalue weighted by molar-refractivity contribution is 6.30. The number of aromatic nitrogens is 2. The van der Waals surface area contributed by atoms with Gasteiger partial charge in [-0.05, 0) is 36.4 Å². The third kappa shape index (κ3) is 2.35. The van der Waals surface area contributed by atoms with Gasteiger partial charge in [-0.2, -0.15) is 0 Å². The molecule has 3 rings (SSSR count). The molecule has 0 fully saturated rings. The molecule has 3 aromatic rings. The van der Waals surface area contributed by atoms with Crippen molar-refractivity contribution in [2.24, 2.45) is 0 Å². The Labute approximate surface area is 118 Å². The molecule has 0 unspecified atom stereocenters. The minimum atomic E-state index is -0.631. The van der Waals surface area contributed by atoms with Crippen molar-refractivity contribution in [1.82, 2.24) is 9.97 Å². The number of pyridine rings is 1. The molecular formula is C14H9ClFN3O. The van der Waals surface area contributed by atoms with Crippen LogP contribution in [0.1, 0.15) is 10.4 Å². The summed E-state index contributed by atoms with van der Waals surface area (Å²) in [4.78, 5) is 19.2. The highest BCUT2D eigenvalue weighted by Crippen LogP contribution is 2.17. The molecule has 1 amide bonds. The van der Waals surface area contributed by atoms with Crippen molar-refractivity contribution in [1.29, 1.82) is 0 Å². The molecule has 0 bridgehead atoms. The van der Waals surface area contributed by atoms with Gasteiger partial charge in [-0.15, -0.1) is 0 Å². The minimum absolute atomic E-state index is 0.0200. The normalized spacial score (nSPS) is 10.7. The molecule has 4 nitrogen and oxygen atoms in total. The number of anilines is 1. The van der Waals surface area contributed by atoms with E-state index < -0.39 is 11.7 Å². The fraction of sp³-hybridized carbons (Fsp3) is 0. The molecule has 0 aliphatic rings. The summed E-state index contributed by atoms with van der Waals surface area (Å²) < 4.78 is 13.3. The Morgan fingerprint density at radius 3 is 2.90 bits per heavy atom. The first-order valence-electron chi connectivity index (χ1n) is 5.84. The standard InChI is InChI=1S/C14H9ClFN3O/c15-9-2-1-8(7-10(9)16)14(20)19-13-4-3-11-12(18-13)5-6-17-11/h1-7,17H,(H,18,19,20). The average molecular weight is 290 g/mol. The number of benzene rings is 1. The highest BCUT2D eigenvalue weighted by Gasteiger charge is 2.10. The number of aromatic amines is 1. The van der Waals surface area contributed by atoms with E-state index in [1.54, 1.807) is 24.4 Å². The van der Waals surface area contributed by atoms with Crippen LogP contribution in [0.4, 0.5) is 10.2 Å². The second-order valence-corrected chi connectivity index (χ2v) is 4.60. The molecular weight excluding hydrogens is 281 g/mol. The van der Waals surface area contributed by atoms with Crippen molar-refractivity contribution in [3.8, 4) is 0 Å². The van der Waals surface area contributed by atoms with Gasteiger partial charge in [-0.3, -0.25) is 4.79 Å². The first kappa shape index (κ1) is 12.6. The van der Waals surface area contributed by atoms with Gasteiger partial charge >= 0.3 is 0 Å². The second kappa shape index (κ2) is 4.94. The molecule has 0 atom stereocenters. The van der Waals surface area contributed by atoms with Gasteiger partial charge in [0.2, 0.25) is 0 Å². The maximum Gasteiger partial charge on any atom is 0.256 e. The van der Waals surface area contributed by atoms with E-state index in [4.69, 9.17) is 11.6 Å². The van der Waals surface area contributed by atoms with E-state index in [1.165, 1.54) is 12.1 Å². The smallest absolute Gasteiger partial charge is 0.256 e. The molecule has 0 radical (unpaired) electrons. The molecule has 1 aromatic carbocycles. The maximum absolute atomic E-state index is 13.3. The number of carbonyl (C=O) groups excluding carboxylic acids is 1. The lowest BCUT2D eigenvalue weighted by atomic mass is 10.2. The van der Waals surface area contributed by atoms with E-state index in [1.807, 2.05) is 0 Å². The van der Waals surface area contributed by atoms with Gasteiger partial charge in [0.05, 0.1) is 16.1 Å². The lowest BCUT2D eigenvalue weighted by Gasteiger charge is -2.05. The Kier molecular flexibility index (Phi) is 3.12. The molecule has 0 saturated heterocycles. The molecule has 0 aliphatic heterocycles. The quantitative estimate of drug-likeness (QED) is 0.757. The summed E-state index contributed by atoms with van der Waals surface area (Å²) in [6.45, 7) is 0. The van der Waals surface area contributed by atoms with Gasteiger partial charge < -0.3 is 10.3 Å². The average Bonchev–Trinajstić information content (AvgIpc) is 2.89. The Balaban J connectivity index is 1.85. The van der Waals surface area contributed by atoms with Crippen LogP contribution < -0.4 is 5.32 Å². The number of fused-ring (bicyclic) bond motifs is 1. The first-order valence-corrected chi connectivity index (χ1v) is 6.22. The van der Waals surface area contributed by atoms with Crippen molar-refractivity contribution in [3.63, 3.8) is 0 Å². The predicted octanol–water partition coefficient (Wildman–Crippen LogP) is 3.61. The van der Waals surface area contributed by atoms with E-state index in [2.05, 4.69) is 15.3 Å². The SMILES string of the molecule is O=C(Nc1ccc2[nH]ccc2n1)c1ccc(Cl)c(F)c1. The Morgan fingerprint density at radius 1 is 1.25 bits per heavy atom. The zero-order valence-electron chi connectivity index (χ0n) is 10.2. The van der Waals surface area contributed by atoms with Crippen LogP contribution in [0.5, 0.6) is 0 Å². The van der Waals surface area contributed by atoms with Crippen molar-refractivity contribution >= 4 is 34.4 Å². The summed E-state index contributed by atoms with van der Waals surface area (Å²) in [5.74, 6) is -0.672. The number of H-pyrrole nitrogens is 1. The molecule has 2 aromatic heterocycles. The van der Waals surface area contributed by atoms with Crippen LogP contribution in [0.25, 0.3) is 11.0 Å². The van der Waals surface area contributed by atoms with E-state index >= 15 is 0 Å². The van der Waals surface area contributed by atoms with Gasteiger partial charge in [-0.25, -0.2) is 9.37 Å². The van der Waals surface area contributed by atoms with Crippen LogP contribution in [0, 0.1) is 5.82 Å². The van der Waals surface area contributed by atoms with Crippen molar-refractivity contribution < 1.29 is 9.18 Å². The second-order valence-electron chi connectivity index (χ2n) is 4.19. The maximum atomic E-state index is 13.3. The lowest BCUT2D eigenvalue weighted by molar-refractivity contribution is 0.102. The van der Waals surface area contributed by atoms with Gasteiger partial charge in [0, 0.05) is 11.8 Å². The van der Waals surface area contributed by atoms with Crippen LogP contribution in [-0.2, 0) is 0 Å². The van der Waals surface area contributed by atoms with E-state index in [0.29, 0.717) is 5.82 Å². The lowest BCUT2D eigenvalue weighted by Crippen LogP contribution is -2.13. The van der Waals surface area contributed by atoms with Gasteiger partial charge in [0.15, 0.2) is 0 Å². The minimum Gasteiger partial charge on any atom is -0.360 e. The molecule has 6 heteroatoms. The summed E-state index contributed by atoms with van der Waals surface area (Å²) in [5.41, 5.74) is 1.80. The molecule has 2 N–H and O–H groups in total. The number of nitrogens with one attached hydrogen (secondary N) is 2. The monoisotopic (exact) mass is 289 g/mol. The van der Waals surface area contributed by atoms with Crippen LogP contribution in [0.3, 0.4) is 0 Å². The number of rotatable bonds is 2. The predicted molar refractivity (Wildman–Crippen MR) is 75.5 cm³/mol. The van der Waals surface area contributed by atoms with Crippen LogP contribution in [0.15, 0.2) is 42.6 Å². The van der Waals surface area contributed by atoms with E-state index in [9.17, 15) is 9.18 Å². The van der Waals surface area contributed by atoms with Crippen molar-refractivity contribution in [2.45, 2.75) is 0 Å². The number of hydrogen-bond donors (Lipinski definition) is 2. The van der Waals surface area contributed by atoms with Crippen molar-refractivity contribution in [3.05, 3.63) is 59.0 Å². The first-order chi connectivity index (χ1) is 9.63. The molecule has 0 spiro atoms. The fourth-order valence-electron chi connectivity index (χ4n) is 1.83. The number of carbonyl (C=O) groups is 1. The van der Waals surface area contributed by atoms with E-state index in [-0.39, 0.29) is 10.6 Å². The summed E-state index contributed by atoms with van der Waals surface area (Å²) in [6.07, 6.45) is 1.76. The Bertz CT molecular complexity index is 800. The molecule has 2 heterocycles. The van der Waals surface area contributed by atoms with Crippen LogP contribution in [0.2, 0.25) is 5.02 Å². The number of nitrogens with zero attached hydrogens (tertiary/aromatic N) is 1. The Hall–Kier alpha value is -2.40. The molecule has 100 valence electrons. The van der Waals surface area contributed by atoms with Gasteiger partial charge in [0.25, 0.3) is 5.91 Å². The molecule has 0 aliphatic carbocycles. The number of halogens is 2. The largest absolute Gasteiger partial charge is 0.360 e. The van der Waals surface area contributed by atoms with E-state index in [0.717, 1.165) is 17.1 Å². The summed E-state index contributed by atoms with van der Waals surface area (Å²) in [5, 5.41) is 2.59. The highest BCUT2D eigenvalue weighted by atomic mass is 35.5. The van der Waals surface area contributed by atoms with Gasteiger partial charge in [-0.1, -0.05) is 11.6 Å². The van der Waals surface area contributed by atoms with Crippen LogP contribution in [-0.4, -0.2) is 15.9 Å². The van der Waals surface area contributed by atoms with Crippen molar-refractivity contribution in [2.75, 3.05) is 5.32 Å². The summed E-state index contributed by atoms with van der Waals surface area (Å²) in [6, 6.07) is 9.16. The molecule has 0 saturated carbocycles. The molecule has 20 heavy (non-hydrogen) atoms.